The van der Waals surface area contributed by atoms with Gasteiger partial charge in [0.25, 0.3) is 5.24 Å². The SMILES string of the molecule is CCOC(=O)[C@@H]1CC[C@@H](n2ncc(C(=O)Cl)c2C(F)(F)F)C[C@H]1C. The zero-order valence-electron chi connectivity index (χ0n) is 13.3. The Morgan fingerprint density at radius 3 is 2.58 bits per heavy atom. The summed E-state index contributed by atoms with van der Waals surface area (Å²) in [5, 5.41) is 2.55. The Morgan fingerprint density at radius 2 is 2.08 bits per heavy atom. The molecular formula is C15H18ClF3N2O3. The van der Waals surface area contributed by atoms with E-state index < -0.39 is 28.7 Å². The van der Waals surface area contributed by atoms with Gasteiger partial charge in [-0.15, -0.1) is 0 Å². The molecule has 0 bridgehead atoms. The first-order valence-electron chi connectivity index (χ1n) is 7.68. The van der Waals surface area contributed by atoms with Crippen molar-refractivity contribution in [1.29, 1.82) is 0 Å². The molecule has 9 heteroatoms. The molecule has 134 valence electrons. The fourth-order valence-electron chi connectivity index (χ4n) is 3.25. The molecule has 0 N–H and O–H groups in total. The Kier molecular flexibility index (Phi) is 5.57. The van der Waals surface area contributed by atoms with Gasteiger partial charge in [-0.05, 0) is 43.7 Å². The molecule has 1 aliphatic rings. The average molecular weight is 367 g/mol. The van der Waals surface area contributed by atoms with Gasteiger partial charge in [-0.2, -0.15) is 18.3 Å². The summed E-state index contributed by atoms with van der Waals surface area (Å²) in [6.07, 6.45) is -2.80. The van der Waals surface area contributed by atoms with Crippen molar-refractivity contribution in [3.05, 3.63) is 17.5 Å². The molecule has 0 spiro atoms. The lowest BCUT2D eigenvalue weighted by molar-refractivity contribution is -0.153. The van der Waals surface area contributed by atoms with Crippen molar-refractivity contribution < 1.29 is 27.5 Å². The molecule has 1 saturated carbocycles. The topological polar surface area (TPSA) is 61.2 Å². The number of aromatic nitrogens is 2. The highest BCUT2D eigenvalue weighted by atomic mass is 35.5. The maximum Gasteiger partial charge on any atom is 0.433 e. The lowest BCUT2D eigenvalue weighted by Gasteiger charge is -2.33. The molecule has 1 aromatic heterocycles. The molecule has 3 atom stereocenters. The molecule has 5 nitrogen and oxygen atoms in total. The van der Waals surface area contributed by atoms with Crippen molar-refractivity contribution in [2.75, 3.05) is 6.61 Å². The minimum atomic E-state index is -4.74. The van der Waals surface area contributed by atoms with Crippen LogP contribution in [0.3, 0.4) is 0 Å². The van der Waals surface area contributed by atoms with E-state index in [4.69, 9.17) is 16.3 Å². The summed E-state index contributed by atoms with van der Waals surface area (Å²) in [6.45, 7) is 3.78. The minimum Gasteiger partial charge on any atom is -0.466 e. The van der Waals surface area contributed by atoms with Crippen molar-refractivity contribution in [2.24, 2.45) is 11.8 Å². The monoisotopic (exact) mass is 366 g/mol. The molecule has 0 aromatic carbocycles. The quantitative estimate of drug-likeness (QED) is 0.600. The van der Waals surface area contributed by atoms with Gasteiger partial charge in [-0.1, -0.05) is 6.92 Å². The molecule has 0 aliphatic heterocycles. The van der Waals surface area contributed by atoms with E-state index in [1.54, 1.807) is 13.8 Å². The van der Waals surface area contributed by atoms with Gasteiger partial charge < -0.3 is 4.74 Å². The molecule has 0 radical (unpaired) electrons. The van der Waals surface area contributed by atoms with Gasteiger partial charge in [0.05, 0.1) is 30.3 Å². The van der Waals surface area contributed by atoms with E-state index >= 15 is 0 Å². The van der Waals surface area contributed by atoms with E-state index in [1.165, 1.54) is 0 Å². The van der Waals surface area contributed by atoms with Crippen LogP contribution in [0, 0.1) is 11.8 Å². The van der Waals surface area contributed by atoms with Crippen LogP contribution in [-0.4, -0.2) is 27.6 Å². The molecule has 1 heterocycles. The highest BCUT2D eigenvalue weighted by molar-refractivity contribution is 6.67. The van der Waals surface area contributed by atoms with E-state index in [0.717, 1.165) is 10.9 Å². The summed E-state index contributed by atoms with van der Waals surface area (Å²) in [7, 11) is 0. The summed E-state index contributed by atoms with van der Waals surface area (Å²) in [6, 6.07) is -0.549. The third-order valence-electron chi connectivity index (χ3n) is 4.35. The van der Waals surface area contributed by atoms with Crippen molar-refractivity contribution >= 4 is 22.8 Å². The minimum absolute atomic E-state index is 0.150. The van der Waals surface area contributed by atoms with Crippen molar-refractivity contribution in [3.8, 4) is 0 Å². The van der Waals surface area contributed by atoms with Crippen LogP contribution >= 0.6 is 11.6 Å². The summed E-state index contributed by atoms with van der Waals surface area (Å²) >= 11 is 5.24. The molecule has 1 fully saturated rings. The zero-order chi connectivity index (χ0) is 18.1. The molecule has 0 unspecified atom stereocenters. The number of carbonyl (C=O) groups is 2. The molecule has 2 rings (SSSR count). The first-order valence-corrected chi connectivity index (χ1v) is 8.05. The smallest absolute Gasteiger partial charge is 0.433 e. The van der Waals surface area contributed by atoms with E-state index in [-0.39, 0.29) is 24.4 Å². The van der Waals surface area contributed by atoms with Crippen LogP contribution in [0.5, 0.6) is 0 Å². The number of hydrogen-bond donors (Lipinski definition) is 0. The largest absolute Gasteiger partial charge is 0.466 e. The van der Waals surface area contributed by atoms with Crippen LogP contribution < -0.4 is 0 Å². The zero-order valence-corrected chi connectivity index (χ0v) is 14.0. The van der Waals surface area contributed by atoms with Crippen LogP contribution in [0.15, 0.2) is 6.20 Å². The summed E-state index contributed by atoms with van der Waals surface area (Å²) in [5.41, 5.74) is -1.78. The Morgan fingerprint density at radius 1 is 1.42 bits per heavy atom. The first-order chi connectivity index (χ1) is 11.2. The summed E-state index contributed by atoms with van der Waals surface area (Å²) in [5.74, 6) is -0.806. The second-order valence-corrected chi connectivity index (χ2v) is 6.27. The van der Waals surface area contributed by atoms with Crippen LogP contribution in [-0.2, 0) is 15.7 Å². The molecular weight excluding hydrogens is 349 g/mol. The second kappa shape index (κ2) is 7.13. The first kappa shape index (κ1) is 18.8. The van der Waals surface area contributed by atoms with Gasteiger partial charge in [-0.25, -0.2) is 0 Å². The Hall–Kier alpha value is -1.57. The van der Waals surface area contributed by atoms with Gasteiger partial charge in [0.15, 0.2) is 5.69 Å². The van der Waals surface area contributed by atoms with E-state index in [2.05, 4.69) is 5.10 Å². The van der Waals surface area contributed by atoms with Crippen LogP contribution in [0.25, 0.3) is 0 Å². The normalized spacial score (nSPS) is 24.7. The molecule has 24 heavy (non-hydrogen) atoms. The third-order valence-corrected chi connectivity index (χ3v) is 4.56. The molecule has 1 aliphatic carbocycles. The number of esters is 1. The Labute approximate surface area is 142 Å². The fourth-order valence-corrected chi connectivity index (χ4v) is 3.39. The lowest BCUT2D eigenvalue weighted by Crippen LogP contribution is -2.33. The van der Waals surface area contributed by atoms with Crippen LogP contribution in [0.1, 0.15) is 55.2 Å². The number of nitrogens with zero attached hydrogens (tertiary/aromatic N) is 2. The second-order valence-electron chi connectivity index (χ2n) is 5.93. The van der Waals surface area contributed by atoms with E-state index in [1.807, 2.05) is 0 Å². The number of ether oxygens (including phenoxy) is 1. The third kappa shape index (κ3) is 3.74. The summed E-state index contributed by atoms with van der Waals surface area (Å²) in [4.78, 5) is 23.1. The number of carbonyl (C=O) groups excluding carboxylic acids is 2. The van der Waals surface area contributed by atoms with Crippen LogP contribution in [0.2, 0.25) is 0 Å². The number of alkyl halides is 3. The Balaban J connectivity index is 2.26. The Bertz CT molecular complexity index is 630. The number of rotatable bonds is 4. The van der Waals surface area contributed by atoms with Crippen molar-refractivity contribution in [2.45, 2.75) is 45.3 Å². The highest BCUT2D eigenvalue weighted by Crippen LogP contribution is 2.41. The van der Waals surface area contributed by atoms with E-state index in [9.17, 15) is 22.8 Å². The molecule has 0 saturated heterocycles. The van der Waals surface area contributed by atoms with Gasteiger partial charge >= 0.3 is 12.1 Å². The van der Waals surface area contributed by atoms with Gasteiger partial charge in [0.1, 0.15) is 0 Å². The fraction of sp³-hybridized carbons (Fsp3) is 0.667. The van der Waals surface area contributed by atoms with Crippen molar-refractivity contribution in [3.63, 3.8) is 0 Å². The van der Waals surface area contributed by atoms with Gasteiger partial charge in [0.2, 0.25) is 0 Å². The number of hydrogen-bond acceptors (Lipinski definition) is 4. The van der Waals surface area contributed by atoms with Gasteiger partial charge in [0, 0.05) is 0 Å². The maximum atomic E-state index is 13.3. The molecule has 1 aromatic rings. The standard InChI is InChI=1S/C15H18ClF3N2O3/c1-3-24-14(23)10-5-4-9(6-8(10)2)21-12(15(17,18)19)11(7-20-21)13(16)22/h7-10H,3-6H2,1-2H3/t8-,9-,10-/m1/s1. The summed E-state index contributed by atoms with van der Waals surface area (Å²) < 4.78 is 45.8. The predicted molar refractivity (Wildman–Crippen MR) is 79.6 cm³/mol. The highest BCUT2D eigenvalue weighted by Gasteiger charge is 2.43. The predicted octanol–water partition coefficient (Wildman–Crippen LogP) is 3.82. The molecule has 0 amide bonds. The van der Waals surface area contributed by atoms with E-state index in [0.29, 0.717) is 19.3 Å². The number of halogens is 4. The average Bonchev–Trinajstić information content (AvgIpc) is 2.92. The lowest BCUT2D eigenvalue weighted by atomic mass is 9.78. The van der Waals surface area contributed by atoms with Gasteiger partial charge in [-0.3, -0.25) is 14.3 Å². The van der Waals surface area contributed by atoms with Crippen LogP contribution in [0.4, 0.5) is 13.2 Å². The van der Waals surface area contributed by atoms with Crippen molar-refractivity contribution in [1.82, 2.24) is 9.78 Å². The maximum absolute atomic E-state index is 13.3.